The molecule has 0 radical (unpaired) electrons. The van der Waals surface area contributed by atoms with Crippen molar-refractivity contribution in [1.29, 1.82) is 0 Å². The van der Waals surface area contributed by atoms with Crippen molar-refractivity contribution < 1.29 is 18.7 Å². The van der Waals surface area contributed by atoms with E-state index in [0.717, 1.165) is 6.42 Å². The third-order valence-electron chi connectivity index (χ3n) is 5.30. The molecule has 2 heterocycles. The molecule has 1 aliphatic heterocycles. The molecule has 9 heteroatoms. The lowest BCUT2D eigenvalue weighted by atomic mass is 10.1. The molecule has 35 heavy (non-hydrogen) atoms. The topological polar surface area (TPSA) is 88.6 Å². The van der Waals surface area contributed by atoms with Gasteiger partial charge >= 0.3 is 0 Å². The molecule has 0 spiro atoms. The first-order valence-electron chi connectivity index (χ1n) is 11.1. The lowest BCUT2D eigenvalue weighted by Gasteiger charge is -2.18. The summed E-state index contributed by atoms with van der Waals surface area (Å²) < 4.78 is 26.0. The van der Waals surface area contributed by atoms with Gasteiger partial charge in [-0.3, -0.25) is 4.79 Å². The van der Waals surface area contributed by atoms with Crippen molar-refractivity contribution in [2.75, 3.05) is 44.5 Å². The van der Waals surface area contributed by atoms with Gasteiger partial charge in [-0.05, 0) is 38.4 Å². The number of nitrogens with one attached hydrogen (secondary N) is 2. The van der Waals surface area contributed by atoms with Gasteiger partial charge in [0.25, 0.3) is 0 Å². The fraction of sp³-hybridized carbons (Fsp3) is 0.269. The summed E-state index contributed by atoms with van der Waals surface area (Å²) in [5.41, 5.74) is 1.71. The maximum absolute atomic E-state index is 14.4. The number of likely N-dealkylation sites (N-methyl/N-ethyl adjacent to an activating group) is 1. The highest BCUT2D eigenvalue weighted by Gasteiger charge is 2.21. The number of rotatable bonds is 8. The fourth-order valence-corrected chi connectivity index (χ4v) is 3.55. The van der Waals surface area contributed by atoms with Crippen molar-refractivity contribution in [2.24, 2.45) is 0 Å². The SMILES string of the molecule is C#Cc1ccc(F)c(Nc2ncnc3cc(OC4CCOC4)c(NC(=O)C=CCN(C)C)cc23)c1. The van der Waals surface area contributed by atoms with Crippen LogP contribution in [0.1, 0.15) is 12.0 Å². The quantitative estimate of drug-likeness (QED) is 0.379. The number of halogens is 1. The van der Waals surface area contributed by atoms with Gasteiger partial charge in [0, 0.05) is 36.1 Å². The average Bonchev–Trinajstić information content (AvgIpc) is 3.34. The summed E-state index contributed by atoms with van der Waals surface area (Å²) in [7, 11) is 3.83. The average molecular weight is 476 g/mol. The van der Waals surface area contributed by atoms with Gasteiger partial charge in [-0.2, -0.15) is 0 Å². The van der Waals surface area contributed by atoms with E-state index < -0.39 is 5.82 Å². The monoisotopic (exact) mass is 475 g/mol. The summed E-state index contributed by atoms with van der Waals surface area (Å²) in [5.74, 6) is 2.53. The van der Waals surface area contributed by atoms with Crippen LogP contribution >= 0.6 is 0 Å². The smallest absolute Gasteiger partial charge is 0.248 e. The van der Waals surface area contributed by atoms with Gasteiger partial charge in [0.2, 0.25) is 5.91 Å². The predicted molar refractivity (Wildman–Crippen MR) is 133 cm³/mol. The van der Waals surface area contributed by atoms with Gasteiger partial charge in [-0.1, -0.05) is 12.0 Å². The number of carbonyl (C=O) groups is 1. The number of carbonyl (C=O) groups excluding carboxylic acids is 1. The molecule has 0 saturated carbocycles. The normalized spacial score (nSPS) is 15.5. The molecule has 1 atom stereocenters. The van der Waals surface area contributed by atoms with Crippen LogP contribution in [0.3, 0.4) is 0 Å². The Morgan fingerprint density at radius 1 is 1.31 bits per heavy atom. The number of anilines is 3. The van der Waals surface area contributed by atoms with E-state index >= 15 is 0 Å². The van der Waals surface area contributed by atoms with Crippen LogP contribution in [0.15, 0.2) is 48.8 Å². The van der Waals surface area contributed by atoms with Crippen molar-refractivity contribution in [3.8, 4) is 18.1 Å². The highest BCUT2D eigenvalue weighted by molar-refractivity contribution is 6.03. The summed E-state index contributed by atoms with van der Waals surface area (Å²) >= 11 is 0. The molecular formula is C26H26FN5O3. The number of hydrogen-bond donors (Lipinski definition) is 2. The minimum Gasteiger partial charge on any atom is -0.486 e. The molecule has 1 saturated heterocycles. The summed E-state index contributed by atoms with van der Waals surface area (Å²) in [4.78, 5) is 23.2. The second-order valence-electron chi connectivity index (χ2n) is 8.31. The Morgan fingerprint density at radius 2 is 2.17 bits per heavy atom. The number of benzene rings is 2. The van der Waals surface area contributed by atoms with E-state index in [2.05, 4.69) is 26.5 Å². The number of amides is 1. The Kier molecular flexibility index (Phi) is 7.55. The molecule has 1 fully saturated rings. The van der Waals surface area contributed by atoms with E-state index in [9.17, 15) is 9.18 Å². The van der Waals surface area contributed by atoms with Crippen molar-refractivity contribution in [2.45, 2.75) is 12.5 Å². The Morgan fingerprint density at radius 3 is 2.91 bits per heavy atom. The zero-order chi connectivity index (χ0) is 24.8. The van der Waals surface area contributed by atoms with Crippen molar-refractivity contribution in [3.63, 3.8) is 0 Å². The third-order valence-corrected chi connectivity index (χ3v) is 5.30. The minimum atomic E-state index is -0.475. The summed E-state index contributed by atoms with van der Waals surface area (Å²) in [6.07, 6.45) is 10.7. The van der Waals surface area contributed by atoms with Crippen LogP contribution in [-0.4, -0.2) is 60.7 Å². The highest BCUT2D eigenvalue weighted by atomic mass is 19.1. The van der Waals surface area contributed by atoms with Crippen molar-refractivity contribution in [3.05, 3.63) is 60.2 Å². The maximum Gasteiger partial charge on any atom is 0.248 e. The lowest BCUT2D eigenvalue weighted by Crippen LogP contribution is -2.18. The van der Waals surface area contributed by atoms with Gasteiger partial charge < -0.3 is 25.0 Å². The zero-order valence-corrected chi connectivity index (χ0v) is 19.5. The number of ether oxygens (including phenoxy) is 2. The lowest BCUT2D eigenvalue weighted by molar-refractivity contribution is -0.111. The Balaban J connectivity index is 1.71. The first kappa shape index (κ1) is 24.1. The highest BCUT2D eigenvalue weighted by Crippen LogP contribution is 2.35. The predicted octanol–water partition coefficient (Wildman–Crippen LogP) is 3.72. The first-order chi connectivity index (χ1) is 16.9. The van der Waals surface area contributed by atoms with Crippen LogP contribution in [-0.2, 0) is 9.53 Å². The van der Waals surface area contributed by atoms with Crippen LogP contribution < -0.4 is 15.4 Å². The van der Waals surface area contributed by atoms with Crippen molar-refractivity contribution >= 4 is 34.0 Å². The summed E-state index contributed by atoms with van der Waals surface area (Å²) in [5, 5.41) is 6.44. The molecular weight excluding hydrogens is 449 g/mol. The number of aromatic nitrogens is 2. The molecule has 0 aliphatic carbocycles. The van der Waals surface area contributed by atoms with E-state index in [1.54, 1.807) is 18.2 Å². The van der Waals surface area contributed by atoms with E-state index in [4.69, 9.17) is 15.9 Å². The molecule has 2 N–H and O–H groups in total. The van der Waals surface area contributed by atoms with Crippen LogP contribution in [0.5, 0.6) is 5.75 Å². The molecule has 2 aromatic carbocycles. The van der Waals surface area contributed by atoms with Crippen molar-refractivity contribution in [1.82, 2.24) is 14.9 Å². The number of terminal acetylenes is 1. The van der Waals surface area contributed by atoms with Gasteiger partial charge in [-0.25, -0.2) is 14.4 Å². The van der Waals surface area contributed by atoms with E-state index in [1.165, 1.54) is 30.6 Å². The van der Waals surface area contributed by atoms with E-state index in [1.807, 2.05) is 19.0 Å². The molecule has 180 valence electrons. The number of hydrogen-bond acceptors (Lipinski definition) is 7. The Labute approximate surface area is 203 Å². The summed E-state index contributed by atoms with van der Waals surface area (Å²) in [6.45, 7) is 1.71. The number of fused-ring (bicyclic) bond motifs is 1. The van der Waals surface area contributed by atoms with Crippen LogP contribution in [0.2, 0.25) is 0 Å². The molecule has 3 aromatic rings. The standard InChI is InChI=1S/C26H26FN5O3/c1-4-17-7-8-20(27)22(12-17)31-26-19-13-23(30-25(33)6-5-10-32(2)3)24(14-21(19)28-16-29-26)35-18-9-11-34-15-18/h1,5-8,12-14,16,18H,9-11,15H2,2-3H3,(H,30,33)(H,28,29,31). The molecule has 1 amide bonds. The largest absolute Gasteiger partial charge is 0.486 e. The van der Waals surface area contributed by atoms with E-state index in [-0.39, 0.29) is 17.7 Å². The van der Waals surface area contributed by atoms with Gasteiger partial charge in [0.05, 0.1) is 30.1 Å². The Bertz CT molecular complexity index is 1300. The molecule has 1 aromatic heterocycles. The maximum atomic E-state index is 14.4. The van der Waals surface area contributed by atoms with Gasteiger partial charge in [0.1, 0.15) is 29.8 Å². The molecule has 0 bridgehead atoms. The van der Waals surface area contributed by atoms with Gasteiger partial charge in [-0.15, -0.1) is 6.42 Å². The molecule has 8 nitrogen and oxygen atoms in total. The zero-order valence-electron chi connectivity index (χ0n) is 19.5. The van der Waals surface area contributed by atoms with Crippen LogP contribution in [0.25, 0.3) is 10.9 Å². The number of nitrogens with zero attached hydrogens (tertiary/aromatic N) is 3. The fourth-order valence-electron chi connectivity index (χ4n) is 3.55. The minimum absolute atomic E-state index is 0.132. The summed E-state index contributed by atoms with van der Waals surface area (Å²) in [6, 6.07) is 7.78. The third kappa shape index (κ3) is 6.12. The van der Waals surface area contributed by atoms with Crippen LogP contribution in [0.4, 0.5) is 21.6 Å². The molecule has 4 rings (SSSR count). The Hall–Kier alpha value is -4.00. The van der Waals surface area contributed by atoms with Crippen LogP contribution in [0, 0.1) is 18.2 Å². The van der Waals surface area contributed by atoms with E-state index in [0.29, 0.717) is 53.5 Å². The molecule has 1 aliphatic rings. The van der Waals surface area contributed by atoms with Gasteiger partial charge in [0.15, 0.2) is 0 Å². The second kappa shape index (κ2) is 11.0. The second-order valence-corrected chi connectivity index (χ2v) is 8.31. The first-order valence-corrected chi connectivity index (χ1v) is 11.1. The molecule has 1 unspecified atom stereocenters.